The molecule has 0 fully saturated rings. The first-order chi connectivity index (χ1) is 11.8. The third kappa shape index (κ3) is 2.54. The van der Waals surface area contributed by atoms with Crippen molar-refractivity contribution in [3.8, 4) is 15.7 Å². The van der Waals surface area contributed by atoms with Gasteiger partial charge in [0.25, 0.3) is 0 Å². The number of para-hydroxylation sites is 1. The second kappa shape index (κ2) is 6.23. The van der Waals surface area contributed by atoms with Crippen molar-refractivity contribution in [1.82, 2.24) is 9.78 Å². The van der Waals surface area contributed by atoms with Gasteiger partial charge in [0.05, 0.1) is 0 Å². The molecule has 4 heteroatoms. The molecule has 2 aromatic carbocycles. The Hall–Kier alpha value is -2.42. The number of aryl methyl sites for hydroxylation is 1. The van der Waals surface area contributed by atoms with Gasteiger partial charge >= 0.3 is 146 Å². The summed E-state index contributed by atoms with van der Waals surface area (Å²) in [6.45, 7) is 2.05. The van der Waals surface area contributed by atoms with E-state index in [9.17, 15) is 4.79 Å². The van der Waals surface area contributed by atoms with E-state index in [-0.39, 0.29) is 19.9 Å². The molecule has 0 spiro atoms. The van der Waals surface area contributed by atoms with Crippen molar-refractivity contribution < 1.29 is 0 Å². The number of rotatable bonds is 3. The summed E-state index contributed by atoms with van der Waals surface area (Å²) >= 11 is 0.0425. The Morgan fingerprint density at radius 3 is 2.33 bits per heavy atom. The first-order valence-electron chi connectivity index (χ1n) is 7.94. The van der Waals surface area contributed by atoms with E-state index < -0.39 is 0 Å². The Balaban J connectivity index is 2.04. The molecule has 2 aromatic heterocycles. The molecule has 4 aromatic rings. The summed E-state index contributed by atoms with van der Waals surface area (Å²) in [5.74, 6) is 0. The van der Waals surface area contributed by atoms with Gasteiger partial charge in [0.15, 0.2) is 0 Å². The fourth-order valence-electron chi connectivity index (χ4n) is 2.85. The van der Waals surface area contributed by atoms with Crippen LogP contribution in [0.25, 0.3) is 25.5 Å². The summed E-state index contributed by atoms with van der Waals surface area (Å²) in [6.07, 6.45) is 0.762. The number of benzene rings is 2. The first kappa shape index (κ1) is 15.1. The maximum atomic E-state index is 12.8. The molecule has 0 aliphatic heterocycles. The van der Waals surface area contributed by atoms with E-state index in [4.69, 9.17) is 5.10 Å². The Bertz CT molecular complexity index is 1050. The molecule has 3 nitrogen and oxygen atoms in total. The van der Waals surface area contributed by atoms with Gasteiger partial charge in [-0.3, -0.25) is 0 Å². The molecular weight excluding hydrogens is 363 g/mol. The number of fused-ring (bicyclic) bond motifs is 1. The van der Waals surface area contributed by atoms with Crippen molar-refractivity contribution in [3.05, 3.63) is 82.6 Å². The maximum absolute atomic E-state index is 12.8. The van der Waals surface area contributed by atoms with Crippen LogP contribution < -0.4 is 5.43 Å². The Labute approximate surface area is 145 Å². The molecule has 0 atom stereocenters. The van der Waals surface area contributed by atoms with Crippen LogP contribution in [0.5, 0.6) is 0 Å². The van der Waals surface area contributed by atoms with Crippen LogP contribution in [-0.2, 0) is 6.42 Å². The zero-order chi connectivity index (χ0) is 16.5. The van der Waals surface area contributed by atoms with Crippen LogP contribution in [0.15, 0.2) is 71.5 Å². The minimum absolute atomic E-state index is 0.0425. The molecule has 0 aliphatic rings. The van der Waals surface area contributed by atoms with Crippen LogP contribution in [0.1, 0.15) is 12.6 Å². The van der Waals surface area contributed by atoms with E-state index in [1.807, 2.05) is 53.2 Å². The monoisotopic (exact) mass is 380 g/mol. The van der Waals surface area contributed by atoms with Crippen molar-refractivity contribution in [1.29, 1.82) is 0 Å². The number of nitrogens with zero attached hydrogens (tertiary/aromatic N) is 2. The third-order valence-corrected chi connectivity index (χ3v) is 6.42. The standard InChI is InChI=1S/C20H16N2OSe/c1-2-16-19-17(23)13-18(14-9-5-3-6-10-14)24-20(19)22(21-16)15-11-7-4-8-12-15/h3-13H,2H2,1H3. The van der Waals surface area contributed by atoms with E-state index in [1.165, 1.54) is 0 Å². The van der Waals surface area contributed by atoms with Crippen molar-refractivity contribution in [3.63, 3.8) is 0 Å². The van der Waals surface area contributed by atoms with Crippen molar-refractivity contribution in [2.24, 2.45) is 0 Å². The van der Waals surface area contributed by atoms with Gasteiger partial charge in [0.2, 0.25) is 0 Å². The molecule has 118 valence electrons. The van der Waals surface area contributed by atoms with Gasteiger partial charge in [-0.1, -0.05) is 0 Å². The normalized spacial score (nSPS) is 11.0. The van der Waals surface area contributed by atoms with Crippen molar-refractivity contribution in [2.45, 2.75) is 13.3 Å². The quantitative estimate of drug-likeness (QED) is 0.509. The molecule has 2 heterocycles. The summed E-state index contributed by atoms with van der Waals surface area (Å²) in [6, 6.07) is 22.0. The molecule has 0 radical (unpaired) electrons. The van der Waals surface area contributed by atoms with Gasteiger partial charge in [-0.25, -0.2) is 0 Å². The van der Waals surface area contributed by atoms with Gasteiger partial charge in [-0.2, -0.15) is 0 Å². The van der Waals surface area contributed by atoms with Crippen LogP contribution in [0.4, 0.5) is 0 Å². The molecule has 24 heavy (non-hydrogen) atoms. The van der Waals surface area contributed by atoms with E-state index in [0.717, 1.165) is 37.6 Å². The van der Waals surface area contributed by atoms with Crippen LogP contribution in [-0.4, -0.2) is 24.3 Å². The van der Waals surface area contributed by atoms with Crippen LogP contribution in [0, 0.1) is 0 Å². The Morgan fingerprint density at radius 1 is 1.00 bits per heavy atom. The first-order valence-corrected chi connectivity index (χ1v) is 9.66. The topological polar surface area (TPSA) is 34.9 Å². The molecule has 0 saturated heterocycles. The number of aromatic nitrogens is 2. The summed E-state index contributed by atoms with van der Waals surface area (Å²) < 4.78 is 4.12. The second-order valence-corrected chi connectivity index (χ2v) is 7.73. The SMILES string of the molecule is CCc1nn(-c2ccccc2)c2[se]c(-c3ccccc3)cc(=O)c12. The summed E-state index contributed by atoms with van der Waals surface area (Å²) in [5.41, 5.74) is 3.10. The third-order valence-electron chi connectivity index (χ3n) is 4.02. The molecule has 0 amide bonds. The number of hydrogen-bond acceptors (Lipinski definition) is 2. The molecular formula is C20H16N2OSe. The fourth-order valence-corrected chi connectivity index (χ4v) is 5.33. The van der Waals surface area contributed by atoms with E-state index in [0.29, 0.717) is 0 Å². The summed E-state index contributed by atoms with van der Waals surface area (Å²) in [7, 11) is 0. The predicted molar refractivity (Wildman–Crippen MR) is 99.1 cm³/mol. The van der Waals surface area contributed by atoms with Crippen molar-refractivity contribution in [2.75, 3.05) is 0 Å². The molecule has 0 bridgehead atoms. The van der Waals surface area contributed by atoms with Gasteiger partial charge in [0.1, 0.15) is 0 Å². The average Bonchev–Trinajstić information content (AvgIpc) is 3.02. The zero-order valence-electron chi connectivity index (χ0n) is 13.3. The summed E-state index contributed by atoms with van der Waals surface area (Å²) in [4.78, 5) is 12.8. The zero-order valence-corrected chi connectivity index (χ0v) is 15.0. The average molecular weight is 379 g/mol. The van der Waals surface area contributed by atoms with E-state index >= 15 is 0 Å². The molecule has 0 unspecified atom stereocenters. The van der Waals surface area contributed by atoms with Gasteiger partial charge in [-0.05, 0) is 0 Å². The Kier molecular flexibility index (Phi) is 3.93. The minimum atomic E-state index is 0.0425. The molecule has 0 saturated carbocycles. The van der Waals surface area contributed by atoms with Gasteiger partial charge < -0.3 is 0 Å². The van der Waals surface area contributed by atoms with Gasteiger partial charge in [-0.15, -0.1) is 0 Å². The molecule has 0 aliphatic carbocycles. The number of hydrogen-bond donors (Lipinski definition) is 0. The van der Waals surface area contributed by atoms with Crippen LogP contribution in [0.3, 0.4) is 0 Å². The van der Waals surface area contributed by atoms with E-state index in [1.54, 1.807) is 6.07 Å². The summed E-state index contributed by atoms with van der Waals surface area (Å²) in [5, 5.41) is 5.54. The second-order valence-electron chi connectivity index (χ2n) is 5.57. The van der Waals surface area contributed by atoms with Crippen LogP contribution in [0.2, 0.25) is 0 Å². The van der Waals surface area contributed by atoms with E-state index in [2.05, 4.69) is 19.1 Å². The Morgan fingerprint density at radius 2 is 1.67 bits per heavy atom. The molecule has 4 rings (SSSR count). The molecule has 0 N–H and O–H groups in total. The van der Waals surface area contributed by atoms with Gasteiger partial charge in [0, 0.05) is 0 Å². The predicted octanol–water partition coefficient (Wildman–Crippen LogP) is 3.67. The van der Waals surface area contributed by atoms with Crippen LogP contribution >= 0.6 is 0 Å². The van der Waals surface area contributed by atoms with Crippen molar-refractivity contribution >= 4 is 24.3 Å². The fraction of sp³-hybridized carbons (Fsp3) is 0.100.